The molecule has 1 aliphatic rings. The lowest BCUT2D eigenvalue weighted by Crippen LogP contribution is -2.31. The molecule has 0 saturated heterocycles. The number of benzene rings is 2. The van der Waals surface area contributed by atoms with Crippen molar-refractivity contribution in [2.75, 3.05) is 25.2 Å². The Balaban J connectivity index is 1.62. The number of aryl methyl sites for hydroxylation is 1. The molecule has 0 spiro atoms. The first-order valence-corrected chi connectivity index (χ1v) is 10.7. The number of imidazole rings is 1. The number of nitrogens with zero attached hydrogens (tertiary/aromatic N) is 5. The summed E-state index contributed by atoms with van der Waals surface area (Å²) in [6.07, 6.45) is -0.213. The molecule has 2 heterocycles. The van der Waals surface area contributed by atoms with E-state index in [4.69, 9.17) is 19.8 Å². The van der Waals surface area contributed by atoms with Gasteiger partial charge >= 0.3 is 0 Å². The molecule has 0 fully saturated rings. The largest absolute Gasteiger partial charge is 0.392 e. The molecule has 0 saturated carbocycles. The fourth-order valence-electron chi connectivity index (χ4n) is 3.86. The van der Waals surface area contributed by atoms with Gasteiger partial charge in [0.05, 0.1) is 35.8 Å². The van der Waals surface area contributed by atoms with Crippen LogP contribution < -0.4 is 4.90 Å². The second-order valence-electron chi connectivity index (χ2n) is 7.67. The van der Waals surface area contributed by atoms with Crippen LogP contribution in [-0.4, -0.2) is 52.7 Å². The Bertz CT molecular complexity index is 1210. The van der Waals surface area contributed by atoms with Crippen LogP contribution in [0.15, 0.2) is 53.7 Å². The van der Waals surface area contributed by atoms with Crippen molar-refractivity contribution in [3.8, 4) is 6.07 Å². The van der Waals surface area contributed by atoms with Crippen molar-refractivity contribution in [2.45, 2.75) is 32.0 Å². The fraction of sp³-hybridized carbons (Fsp3) is 0.333. The molecule has 1 amide bonds. The molecule has 0 radical (unpaired) electrons. The SMILES string of the molecule is COCCCn1c(CN2C(=O)/C(=N/OCC(O)CC#N)c3ccccc32)nc2ccccc21. The standard InChI is InChI=1S/C24H25N5O4/c1-32-14-6-13-28-21-10-5-3-8-19(21)26-22(28)15-29-20-9-4-2-7-18(20)23(24(29)31)27-33-16-17(30)11-12-25/h2-5,7-10,17,30H,6,11,13-16H2,1H3/b27-23+. The molecule has 1 atom stereocenters. The minimum Gasteiger partial charge on any atom is -0.392 e. The number of anilines is 1. The van der Waals surface area contributed by atoms with Crippen LogP contribution in [0.4, 0.5) is 5.69 Å². The van der Waals surface area contributed by atoms with Gasteiger partial charge in [-0.3, -0.25) is 9.69 Å². The molecule has 0 bridgehead atoms. The van der Waals surface area contributed by atoms with Crippen LogP contribution in [0.5, 0.6) is 0 Å². The van der Waals surface area contributed by atoms with Crippen LogP contribution in [0.2, 0.25) is 0 Å². The van der Waals surface area contributed by atoms with E-state index in [0.717, 1.165) is 29.0 Å². The first-order valence-electron chi connectivity index (χ1n) is 10.7. The smallest absolute Gasteiger partial charge is 0.281 e. The summed E-state index contributed by atoms with van der Waals surface area (Å²) in [5.41, 5.74) is 3.41. The molecule has 0 aliphatic carbocycles. The zero-order valence-electron chi connectivity index (χ0n) is 18.3. The van der Waals surface area contributed by atoms with Gasteiger partial charge in [-0.1, -0.05) is 35.5 Å². The fourth-order valence-corrected chi connectivity index (χ4v) is 3.86. The summed E-state index contributed by atoms with van der Waals surface area (Å²) in [7, 11) is 1.68. The monoisotopic (exact) mass is 447 g/mol. The van der Waals surface area contributed by atoms with E-state index in [2.05, 4.69) is 9.72 Å². The van der Waals surface area contributed by atoms with E-state index in [1.165, 1.54) is 0 Å². The highest BCUT2D eigenvalue weighted by molar-refractivity contribution is 6.54. The van der Waals surface area contributed by atoms with Crippen molar-refractivity contribution in [2.24, 2.45) is 5.16 Å². The minimum atomic E-state index is -0.964. The lowest BCUT2D eigenvalue weighted by molar-refractivity contribution is -0.112. The predicted molar refractivity (Wildman–Crippen MR) is 123 cm³/mol. The molecule has 1 N–H and O–H groups in total. The molecule has 4 rings (SSSR count). The summed E-state index contributed by atoms with van der Waals surface area (Å²) in [6.45, 7) is 1.45. The second-order valence-corrected chi connectivity index (χ2v) is 7.67. The third-order valence-electron chi connectivity index (χ3n) is 5.41. The number of aliphatic hydroxyl groups is 1. The summed E-state index contributed by atoms with van der Waals surface area (Å²) < 4.78 is 7.33. The quantitative estimate of drug-likeness (QED) is 0.378. The number of carbonyl (C=O) groups excluding carboxylic acids is 1. The highest BCUT2D eigenvalue weighted by atomic mass is 16.6. The molecular weight excluding hydrogens is 422 g/mol. The summed E-state index contributed by atoms with van der Waals surface area (Å²) in [4.78, 5) is 24.9. The summed E-state index contributed by atoms with van der Waals surface area (Å²) in [6, 6.07) is 17.1. The Morgan fingerprint density at radius 3 is 2.82 bits per heavy atom. The molecular formula is C24H25N5O4. The van der Waals surface area contributed by atoms with Gasteiger partial charge in [0.2, 0.25) is 0 Å². The van der Waals surface area contributed by atoms with Crippen LogP contribution in [0.3, 0.4) is 0 Å². The van der Waals surface area contributed by atoms with Gasteiger partial charge in [0, 0.05) is 25.8 Å². The molecule has 9 nitrogen and oxygen atoms in total. The van der Waals surface area contributed by atoms with E-state index in [1.54, 1.807) is 12.0 Å². The number of amides is 1. The van der Waals surface area contributed by atoms with Crippen LogP contribution in [-0.2, 0) is 27.5 Å². The Morgan fingerprint density at radius 2 is 2.00 bits per heavy atom. The van der Waals surface area contributed by atoms with Crippen molar-refractivity contribution < 1.29 is 19.5 Å². The van der Waals surface area contributed by atoms with Crippen LogP contribution in [0.25, 0.3) is 11.0 Å². The number of aliphatic hydroxyl groups excluding tert-OH is 1. The van der Waals surface area contributed by atoms with Gasteiger partial charge in [-0.15, -0.1) is 0 Å². The topological polar surface area (TPSA) is 113 Å². The average Bonchev–Trinajstić information content (AvgIpc) is 3.30. The normalized spacial score (nSPS) is 15.1. The third-order valence-corrected chi connectivity index (χ3v) is 5.41. The van der Waals surface area contributed by atoms with E-state index in [-0.39, 0.29) is 31.2 Å². The average molecular weight is 447 g/mol. The van der Waals surface area contributed by atoms with Gasteiger partial charge in [0.15, 0.2) is 5.71 Å². The number of para-hydroxylation sites is 3. The first-order chi connectivity index (χ1) is 16.1. The third kappa shape index (κ3) is 4.72. The van der Waals surface area contributed by atoms with Crippen molar-refractivity contribution >= 4 is 28.3 Å². The van der Waals surface area contributed by atoms with E-state index >= 15 is 0 Å². The zero-order valence-corrected chi connectivity index (χ0v) is 18.3. The van der Waals surface area contributed by atoms with Gasteiger partial charge < -0.3 is 19.2 Å². The van der Waals surface area contributed by atoms with E-state index in [0.29, 0.717) is 18.7 Å². The number of nitriles is 1. The van der Waals surface area contributed by atoms with Crippen molar-refractivity contribution in [3.63, 3.8) is 0 Å². The second kappa shape index (κ2) is 10.3. The number of fused-ring (bicyclic) bond motifs is 2. The van der Waals surface area contributed by atoms with E-state index in [9.17, 15) is 9.90 Å². The predicted octanol–water partition coefficient (Wildman–Crippen LogP) is 2.61. The Morgan fingerprint density at radius 1 is 1.21 bits per heavy atom. The molecule has 1 unspecified atom stereocenters. The van der Waals surface area contributed by atoms with Crippen molar-refractivity contribution in [1.82, 2.24) is 9.55 Å². The van der Waals surface area contributed by atoms with Gasteiger partial charge in [-0.05, 0) is 24.6 Å². The molecule has 9 heteroatoms. The Hall–Kier alpha value is -3.74. The maximum absolute atomic E-state index is 13.3. The summed E-state index contributed by atoms with van der Waals surface area (Å²) >= 11 is 0. The zero-order chi connectivity index (χ0) is 23.2. The number of carbonyl (C=O) groups is 1. The van der Waals surface area contributed by atoms with Gasteiger partial charge in [0.1, 0.15) is 18.5 Å². The number of methoxy groups -OCH3 is 1. The number of aromatic nitrogens is 2. The van der Waals surface area contributed by atoms with E-state index in [1.807, 2.05) is 54.6 Å². The molecule has 33 heavy (non-hydrogen) atoms. The highest BCUT2D eigenvalue weighted by Crippen LogP contribution is 2.31. The Labute approximate surface area is 191 Å². The molecule has 1 aromatic heterocycles. The first kappa shape index (κ1) is 22.5. The van der Waals surface area contributed by atoms with Crippen LogP contribution in [0, 0.1) is 11.3 Å². The lowest BCUT2D eigenvalue weighted by Gasteiger charge is -2.17. The van der Waals surface area contributed by atoms with Gasteiger partial charge in [-0.25, -0.2) is 4.98 Å². The number of rotatable bonds is 10. The molecule has 2 aromatic carbocycles. The van der Waals surface area contributed by atoms with Crippen LogP contribution >= 0.6 is 0 Å². The molecule has 170 valence electrons. The maximum atomic E-state index is 13.3. The number of hydrogen-bond donors (Lipinski definition) is 1. The highest BCUT2D eigenvalue weighted by Gasteiger charge is 2.35. The number of oxime groups is 1. The molecule has 3 aromatic rings. The number of hydrogen-bond acceptors (Lipinski definition) is 7. The van der Waals surface area contributed by atoms with Gasteiger partial charge in [-0.2, -0.15) is 5.26 Å². The lowest BCUT2D eigenvalue weighted by atomic mass is 10.1. The Kier molecular flexibility index (Phi) is 6.98. The van der Waals surface area contributed by atoms with Crippen molar-refractivity contribution in [1.29, 1.82) is 5.26 Å². The van der Waals surface area contributed by atoms with Gasteiger partial charge in [0.25, 0.3) is 5.91 Å². The summed E-state index contributed by atoms with van der Waals surface area (Å²) in [5.74, 6) is 0.462. The van der Waals surface area contributed by atoms with Crippen molar-refractivity contribution in [3.05, 3.63) is 59.9 Å². The molecule has 1 aliphatic heterocycles. The van der Waals surface area contributed by atoms with Crippen LogP contribution in [0.1, 0.15) is 24.2 Å². The summed E-state index contributed by atoms with van der Waals surface area (Å²) in [5, 5.41) is 22.3. The number of ether oxygens (including phenoxy) is 1. The van der Waals surface area contributed by atoms with E-state index < -0.39 is 6.10 Å². The maximum Gasteiger partial charge on any atom is 0.281 e. The minimum absolute atomic E-state index is 0.0686.